The minimum Gasteiger partial charge on any atom is -0.336 e. The smallest absolute Gasteiger partial charge is 0.244 e. The summed E-state index contributed by atoms with van der Waals surface area (Å²) in [6.45, 7) is 14.5. The zero-order valence-electron chi connectivity index (χ0n) is 14.5. The van der Waals surface area contributed by atoms with Crippen LogP contribution in [0, 0.1) is 0 Å². The third-order valence-electron chi connectivity index (χ3n) is 3.32. The maximum atomic E-state index is 13.1. The van der Waals surface area contributed by atoms with Crippen molar-refractivity contribution in [1.29, 1.82) is 0 Å². The van der Waals surface area contributed by atoms with Gasteiger partial charge in [-0.05, 0) is 54.0 Å². The normalized spacial score (nSPS) is 13.6. The zero-order chi connectivity index (χ0) is 16.2. The van der Waals surface area contributed by atoms with Crippen molar-refractivity contribution in [3.05, 3.63) is 35.9 Å². The van der Waals surface area contributed by atoms with Crippen LogP contribution in [0.1, 0.15) is 60.1 Å². The van der Waals surface area contributed by atoms with Crippen molar-refractivity contribution >= 4 is 5.91 Å². The lowest BCUT2D eigenvalue weighted by molar-refractivity contribution is -0.137. The van der Waals surface area contributed by atoms with E-state index in [9.17, 15) is 4.79 Å². The molecule has 0 aromatic heterocycles. The van der Waals surface area contributed by atoms with E-state index in [1.807, 2.05) is 35.2 Å². The Balaban J connectivity index is 3.15. The molecular weight excluding hydrogens is 260 g/mol. The Morgan fingerprint density at radius 3 is 1.86 bits per heavy atom. The number of carbonyl (C=O) groups excluding carboxylic acids is 1. The van der Waals surface area contributed by atoms with E-state index in [1.54, 1.807) is 0 Å². The molecule has 0 aliphatic rings. The minimum atomic E-state index is -0.309. The number of carbonyl (C=O) groups is 1. The van der Waals surface area contributed by atoms with Crippen LogP contribution in [0.5, 0.6) is 0 Å². The fraction of sp³-hybridized carbons (Fsp3) is 0.611. The van der Waals surface area contributed by atoms with Crippen molar-refractivity contribution < 1.29 is 4.79 Å². The Kier molecular flexibility index (Phi) is 5.97. The first-order valence-corrected chi connectivity index (χ1v) is 7.78. The first kappa shape index (κ1) is 17.7. The first-order chi connectivity index (χ1) is 9.63. The third-order valence-corrected chi connectivity index (χ3v) is 3.32. The topological polar surface area (TPSA) is 32.3 Å². The van der Waals surface area contributed by atoms with Crippen LogP contribution in [0.4, 0.5) is 0 Å². The summed E-state index contributed by atoms with van der Waals surface area (Å²) in [6, 6.07) is 10.0. The average Bonchev–Trinajstić information content (AvgIpc) is 2.35. The summed E-state index contributed by atoms with van der Waals surface area (Å²) in [5.41, 5.74) is 0.888. The highest BCUT2D eigenvalue weighted by Gasteiger charge is 2.31. The van der Waals surface area contributed by atoms with Crippen LogP contribution in [-0.4, -0.2) is 28.4 Å². The molecule has 0 heterocycles. The van der Waals surface area contributed by atoms with Gasteiger partial charge in [-0.3, -0.25) is 10.1 Å². The van der Waals surface area contributed by atoms with Crippen LogP contribution < -0.4 is 5.32 Å². The molecule has 0 aliphatic heterocycles. The van der Waals surface area contributed by atoms with Crippen LogP contribution in [0.3, 0.4) is 0 Å². The van der Waals surface area contributed by atoms with Gasteiger partial charge < -0.3 is 4.90 Å². The summed E-state index contributed by atoms with van der Waals surface area (Å²) in [5.74, 6) is 0.140. The molecule has 1 aromatic carbocycles. The molecule has 1 atom stereocenters. The molecule has 0 saturated carbocycles. The SMILES string of the molecule is CC(C)N(C(=O)C(NC(C)(C)C)c1ccccc1)C(C)C. The fourth-order valence-corrected chi connectivity index (χ4v) is 2.62. The summed E-state index contributed by atoms with van der Waals surface area (Å²) in [7, 11) is 0. The van der Waals surface area contributed by atoms with E-state index in [2.05, 4.69) is 53.8 Å². The number of rotatable bonds is 5. The number of nitrogens with one attached hydrogen (secondary N) is 1. The lowest BCUT2D eigenvalue weighted by Crippen LogP contribution is -2.51. The van der Waals surface area contributed by atoms with Crippen LogP contribution in [-0.2, 0) is 4.79 Å². The van der Waals surface area contributed by atoms with Crippen molar-refractivity contribution in [2.75, 3.05) is 0 Å². The van der Waals surface area contributed by atoms with Gasteiger partial charge in [0.15, 0.2) is 0 Å². The molecule has 1 unspecified atom stereocenters. The second kappa shape index (κ2) is 7.08. The van der Waals surface area contributed by atoms with Crippen LogP contribution in [0.25, 0.3) is 0 Å². The molecule has 0 saturated heterocycles. The van der Waals surface area contributed by atoms with E-state index in [0.29, 0.717) is 0 Å². The minimum absolute atomic E-state index is 0.129. The van der Waals surface area contributed by atoms with Crippen molar-refractivity contribution in [2.24, 2.45) is 0 Å². The second-order valence-electron chi connectivity index (χ2n) is 7.17. The molecular formula is C18H30N2O. The monoisotopic (exact) mass is 290 g/mol. The number of hydrogen-bond acceptors (Lipinski definition) is 2. The van der Waals surface area contributed by atoms with Gasteiger partial charge >= 0.3 is 0 Å². The van der Waals surface area contributed by atoms with Gasteiger partial charge in [0.2, 0.25) is 5.91 Å². The summed E-state index contributed by atoms with van der Waals surface area (Å²) in [4.78, 5) is 15.0. The quantitative estimate of drug-likeness (QED) is 0.895. The zero-order valence-corrected chi connectivity index (χ0v) is 14.5. The van der Waals surface area contributed by atoms with Crippen LogP contribution in [0.15, 0.2) is 30.3 Å². The average molecular weight is 290 g/mol. The van der Waals surface area contributed by atoms with Crippen LogP contribution >= 0.6 is 0 Å². The highest BCUT2D eigenvalue weighted by Crippen LogP contribution is 2.22. The Bertz CT molecular complexity index is 438. The molecule has 1 amide bonds. The number of amides is 1. The molecule has 118 valence electrons. The predicted octanol–water partition coefficient (Wildman–Crippen LogP) is 3.76. The molecule has 1 rings (SSSR count). The second-order valence-corrected chi connectivity index (χ2v) is 7.17. The summed E-state index contributed by atoms with van der Waals surface area (Å²) < 4.78 is 0. The molecule has 0 bridgehead atoms. The molecule has 21 heavy (non-hydrogen) atoms. The molecule has 0 radical (unpaired) electrons. The van der Waals surface area contributed by atoms with E-state index in [0.717, 1.165) is 5.56 Å². The van der Waals surface area contributed by atoms with E-state index < -0.39 is 0 Å². The van der Waals surface area contributed by atoms with Gasteiger partial charge in [0.1, 0.15) is 6.04 Å². The highest BCUT2D eigenvalue weighted by molar-refractivity contribution is 5.84. The fourth-order valence-electron chi connectivity index (χ4n) is 2.62. The van der Waals surface area contributed by atoms with E-state index in [1.165, 1.54) is 0 Å². The van der Waals surface area contributed by atoms with Crippen molar-refractivity contribution in [2.45, 2.75) is 72.1 Å². The molecule has 0 fully saturated rings. The Hall–Kier alpha value is -1.35. The van der Waals surface area contributed by atoms with Gasteiger partial charge in [-0.1, -0.05) is 30.3 Å². The van der Waals surface area contributed by atoms with Gasteiger partial charge in [0.25, 0.3) is 0 Å². The predicted molar refractivity (Wildman–Crippen MR) is 89.2 cm³/mol. The molecule has 1 N–H and O–H groups in total. The molecule has 1 aromatic rings. The van der Waals surface area contributed by atoms with E-state index in [-0.39, 0.29) is 29.6 Å². The standard InChI is InChI=1S/C18H30N2O/c1-13(2)20(14(3)4)17(21)16(19-18(5,6)7)15-11-9-8-10-12-15/h8-14,16,19H,1-7H3. The van der Waals surface area contributed by atoms with Crippen LogP contribution in [0.2, 0.25) is 0 Å². The highest BCUT2D eigenvalue weighted by atomic mass is 16.2. The first-order valence-electron chi connectivity index (χ1n) is 7.78. The largest absolute Gasteiger partial charge is 0.336 e. The summed E-state index contributed by atoms with van der Waals surface area (Å²) >= 11 is 0. The molecule has 3 nitrogen and oxygen atoms in total. The van der Waals surface area contributed by atoms with Crippen molar-refractivity contribution in [1.82, 2.24) is 10.2 Å². The molecule has 0 aliphatic carbocycles. The Labute approximate surface area is 129 Å². The van der Waals surface area contributed by atoms with Gasteiger partial charge in [0.05, 0.1) is 0 Å². The van der Waals surface area contributed by atoms with E-state index >= 15 is 0 Å². The molecule has 0 spiro atoms. The van der Waals surface area contributed by atoms with Gasteiger partial charge in [0, 0.05) is 17.6 Å². The lowest BCUT2D eigenvalue weighted by Gasteiger charge is -2.37. The molecule has 3 heteroatoms. The maximum absolute atomic E-state index is 13.1. The third kappa shape index (κ3) is 5.16. The maximum Gasteiger partial charge on any atom is 0.244 e. The van der Waals surface area contributed by atoms with Gasteiger partial charge in [-0.2, -0.15) is 0 Å². The lowest BCUT2D eigenvalue weighted by atomic mass is 9.99. The Morgan fingerprint density at radius 2 is 1.48 bits per heavy atom. The van der Waals surface area contributed by atoms with Crippen molar-refractivity contribution in [3.8, 4) is 0 Å². The van der Waals surface area contributed by atoms with Gasteiger partial charge in [-0.15, -0.1) is 0 Å². The number of hydrogen-bond donors (Lipinski definition) is 1. The summed E-state index contributed by atoms with van der Waals surface area (Å²) in [5, 5.41) is 3.47. The van der Waals surface area contributed by atoms with Gasteiger partial charge in [-0.25, -0.2) is 0 Å². The summed E-state index contributed by atoms with van der Waals surface area (Å²) in [6.07, 6.45) is 0. The number of benzene rings is 1. The van der Waals surface area contributed by atoms with Crippen molar-refractivity contribution in [3.63, 3.8) is 0 Å². The Morgan fingerprint density at radius 1 is 1.00 bits per heavy atom. The van der Waals surface area contributed by atoms with E-state index in [4.69, 9.17) is 0 Å². The number of nitrogens with zero attached hydrogens (tertiary/aromatic N) is 1.